The fourth-order valence-corrected chi connectivity index (χ4v) is 2.37. The van der Waals surface area contributed by atoms with Crippen molar-refractivity contribution in [3.8, 4) is 6.07 Å². The Morgan fingerprint density at radius 2 is 1.43 bits per heavy atom. The van der Waals surface area contributed by atoms with E-state index in [1.807, 2.05) is 64.4 Å². The van der Waals surface area contributed by atoms with Crippen LogP contribution < -0.4 is 0 Å². The van der Waals surface area contributed by atoms with Gasteiger partial charge in [-0.3, -0.25) is 0 Å². The average molecular weight is 327 g/mol. The first kappa shape index (κ1) is 20.8. The highest BCUT2D eigenvalue weighted by atomic mass is 32.1. The lowest BCUT2D eigenvalue weighted by molar-refractivity contribution is 1.43. The number of rotatable bonds is 0. The molecule has 3 rings (SSSR count). The molecule has 23 heavy (non-hydrogen) atoms. The van der Waals surface area contributed by atoms with Gasteiger partial charge in [-0.2, -0.15) is 5.26 Å². The van der Waals surface area contributed by atoms with Gasteiger partial charge in [0.15, 0.2) is 0 Å². The molecule has 0 saturated heterocycles. The van der Waals surface area contributed by atoms with Crippen molar-refractivity contribution in [2.24, 2.45) is 0 Å². The zero-order chi connectivity index (χ0) is 17.7. The Bertz CT molecular complexity index is 706. The number of nitrogens with zero attached hydrogens (tertiary/aromatic N) is 2. The Kier molecular flexibility index (Phi) is 11.2. The summed E-state index contributed by atoms with van der Waals surface area (Å²) in [6.07, 6.45) is 0. The van der Waals surface area contributed by atoms with Gasteiger partial charge < -0.3 is 0 Å². The molecule has 1 aromatic heterocycles. The average Bonchev–Trinajstić information content (AvgIpc) is 3.07. The van der Waals surface area contributed by atoms with Crippen LogP contribution in [0.4, 0.5) is 0 Å². The summed E-state index contributed by atoms with van der Waals surface area (Å²) in [7, 11) is 0. The molecule has 0 atom stereocenters. The van der Waals surface area contributed by atoms with Crippen LogP contribution in [0.3, 0.4) is 0 Å². The van der Waals surface area contributed by atoms with Crippen molar-refractivity contribution in [1.29, 1.82) is 5.26 Å². The Morgan fingerprint density at radius 3 is 2.00 bits per heavy atom. The van der Waals surface area contributed by atoms with Crippen LogP contribution >= 0.6 is 11.3 Å². The molecule has 0 N–H and O–H groups in total. The number of thiazole rings is 1. The monoisotopic (exact) mass is 326 g/mol. The van der Waals surface area contributed by atoms with E-state index in [4.69, 9.17) is 5.26 Å². The molecule has 0 fully saturated rings. The summed E-state index contributed by atoms with van der Waals surface area (Å²) in [5, 5.41) is 8.38. The molecule has 1 heterocycles. The highest BCUT2D eigenvalue weighted by Crippen LogP contribution is 2.18. The smallest absolute Gasteiger partial charge is 0.0991 e. The first-order valence-electron chi connectivity index (χ1n) is 7.95. The summed E-state index contributed by atoms with van der Waals surface area (Å²) in [5.41, 5.74) is 6.20. The van der Waals surface area contributed by atoms with E-state index in [1.54, 1.807) is 11.3 Å². The van der Waals surface area contributed by atoms with Gasteiger partial charge in [0.2, 0.25) is 0 Å². The van der Waals surface area contributed by atoms with Crippen LogP contribution in [0.5, 0.6) is 0 Å². The third kappa shape index (κ3) is 7.58. The molecular formula is C20H26N2S. The van der Waals surface area contributed by atoms with Gasteiger partial charge in [0.05, 0.1) is 27.4 Å². The van der Waals surface area contributed by atoms with Crippen molar-refractivity contribution in [1.82, 2.24) is 4.98 Å². The summed E-state index contributed by atoms with van der Waals surface area (Å²) in [4.78, 5) is 4.18. The molecule has 0 aliphatic heterocycles. The van der Waals surface area contributed by atoms with E-state index in [0.717, 1.165) is 11.1 Å². The normalized spacial score (nSPS) is 8.39. The highest BCUT2D eigenvalue weighted by molar-refractivity contribution is 7.16. The van der Waals surface area contributed by atoms with E-state index in [9.17, 15) is 0 Å². The largest absolute Gasteiger partial charge is 0.245 e. The fraction of sp³-hybridized carbons (Fsp3) is 0.300. The second-order valence-corrected chi connectivity index (χ2v) is 5.19. The zero-order valence-corrected chi connectivity index (χ0v) is 15.7. The lowest BCUT2D eigenvalue weighted by Crippen LogP contribution is -1.72. The van der Waals surface area contributed by atoms with E-state index in [0.29, 0.717) is 0 Å². The summed E-state index contributed by atoms with van der Waals surface area (Å²) >= 11 is 1.69. The van der Waals surface area contributed by atoms with Gasteiger partial charge in [0, 0.05) is 0 Å². The standard InChI is InChI=1S/C8H7NS.C8H7N.2C2H6/c1-6-2-3-7-8(4-6)10-5-9-7;1-7-2-4-8(6-9)5-3-7;2*1-2/h2-5H,1H3;2-5H,1H3;2*1-2H3. The number of aromatic nitrogens is 1. The Hall–Kier alpha value is -2.18. The zero-order valence-electron chi connectivity index (χ0n) is 14.9. The number of fused-ring (bicyclic) bond motifs is 1. The van der Waals surface area contributed by atoms with E-state index >= 15 is 0 Å². The number of aryl methyl sites for hydroxylation is 2. The minimum atomic E-state index is 0.723. The molecule has 0 saturated carbocycles. The van der Waals surface area contributed by atoms with Crippen molar-refractivity contribution < 1.29 is 0 Å². The third-order valence-corrected chi connectivity index (χ3v) is 3.46. The molecule has 0 bridgehead atoms. The molecule has 0 amide bonds. The van der Waals surface area contributed by atoms with Crippen LogP contribution in [-0.4, -0.2) is 4.98 Å². The number of hydrogen-bond donors (Lipinski definition) is 0. The second kappa shape index (κ2) is 12.4. The van der Waals surface area contributed by atoms with Crippen molar-refractivity contribution in [2.75, 3.05) is 0 Å². The predicted octanol–water partition coefficient (Wildman–Crippen LogP) is 6.52. The Morgan fingerprint density at radius 1 is 0.870 bits per heavy atom. The van der Waals surface area contributed by atoms with E-state index in [2.05, 4.69) is 36.2 Å². The SMILES string of the molecule is CC.CC.Cc1ccc(C#N)cc1.Cc1ccc2ncsc2c1. The van der Waals surface area contributed by atoms with Gasteiger partial charge in [-0.15, -0.1) is 11.3 Å². The summed E-state index contributed by atoms with van der Waals surface area (Å²) < 4.78 is 1.28. The molecule has 2 aromatic carbocycles. The van der Waals surface area contributed by atoms with Gasteiger partial charge in [0.25, 0.3) is 0 Å². The van der Waals surface area contributed by atoms with E-state index in [-0.39, 0.29) is 0 Å². The molecule has 2 nitrogen and oxygen atoms in total. The molecular weight excluding hydrogens is 300 g/mol. The maximum Gasteiger partial charge on any atom is 0.0991 e. The Balaban J connectivity index is 0.000000349. The van der Waals surface area contributed by atoms with Crippen LogP contribution in [-0.2, 0) is 0 Å². The van der Waals surface area contributed by atoms with Crippen LogP contribution in [0, 0.1) is 25.2 Å². The fourth-order valence-electron chi connectivity index (χ4n) is 1.59. The van der Waals surface area contributed by atoms with Crippen LogP contribution in [0.15, 0.2) is 48.0 Å². The molecule has 0 unspecified atom stereocenters. The number of nitriles is 1. The molecule has 0 aliphatic carbocycles. The third-order valence-electron chi connectivity index (χ3n) is 2.67. The van der Waals surface area contributed by atoms with Crippen LogP contribution in [0.2, 0.25) is 0 Å². The molecule has 0 aliphatic rings. The molecule has 122 valence electrons. The van der Waals surface area contributed by atoms with Crippen LogP contribution in [0.25, 0.3) is 10.2 Å². The van der Waals surface area contributed by atoms with Crippen molar-refractivity contribution in [3.63, 3.8) is 0 Å². The molecule has 3 heteroatoms. The Labute approximate surface area is 144 Å². The maximum absolute atomic E-state index is 8.38. The topological polar surface area (TPSA) is 36.7 Å². The van der Waals surface area contributed by atoms with Crippen LogP contribution in [0.1, 0.15) is 44.4 Å². The highest BCUT2D eigenvalue weighted by Gasteiger charge is 1.93. The maximum atomic E-state index is 8.38. The lowest BCUT2D eigenvalue weighted by atomic mass is 10.2. The first-order valence-corrected chi connectivity index (χ1v) is 8.83. The summed E-state index contributed by atoms with van der Waals surface area (Å²) in [6, 6.07) is 15.8. The number of hydrogen-bond acceptors (Lipinski definition) is 3. The summed E-state index contributed by atoms with van der Waals surface area (Å²) in [6.45, 7) is 12.1. The van der Waals surface area contributed by atoms with Gasteiger partial charge in [0.1, 0.15) is 0 Å². The minimum Gasteiger partial charge on any atom is -0.245 e. The summed E-state index contributed by atoms with van der Waals surface area (Å²) in [5.74, 6) is 0. The van der Waals surface area contributed by atoms with Gasteiger partial charge in [-0.05, 0) is 43.7 Å². The molecule has 0 radical (unpaired) electrons. The lowest BCUT2D eigenvalue weighted by Gasteiger charge is -1.88. The van der Waals surface area contributed by atoms with Crippen molar-refractivity contribution in [2.45, 2.75) is 41.5 Å². The van der Waals surface area contributed by atoms with E-state index < -0.39 is 0 Å². The van der Waals surface area contributed by atoms with Gasteiger partial charge in [-0.25, -0.2) is 4.98 Å². The molecule has 3 aromatic rings. The minimum absolute atomic E-state index is 0.723. The predicted molar refractivity (Wildman–Crippen MR) is 103 cm³/mol. The van der Waals surface area contributed by atoms with Gasteiger partial charge in [-0.1, -0.05) is 51.5 Å². The first-order chi connectivity index (χ1) is 11.2. The number of benzene rings is 2. The van der Waals surface area contributed by atoms with Crippen molar-refractivity contribution in [3.05, 3.63) is 64.7 Å². The van der Waals surface area contributed by atoms with Gasteiger partial charge >= 0.3 is 0 Å². The van der Waals surface area contributed by atoms with E-state index in [1.165, 1.54) is 15.8 Å². The second-order valence-electron chi connectivity index (χ2n) is 4.30. The van der Waals surface area contributed by atoms with Crippen molar-refractivity contribution >= 4 is 21.6 Å². The molecule has 0 spiro atoms. The quantitative estimate of drug-likeness (QED) is 0.471.